The number of amides is 1. The third-order valence-electron chi connectivity index (χ3n) is 5.98. The van der Waals surface area contributed by atoms with E-state index in [1.165, 1.54) is 44.2 Å². The Bertz CT molecular complexity index is 512. The molecule has 3 heteroatoms. The second kappa shape index (κ2) is 12.0. The quantitative estimate of drug-likeness (QED) is 0.674. The van der Waals surface area contributed by atoms with E-state index in [0.717, 1.165) is 44.9 Å². The lowest BCUT2D eigenvalue weighted by atomic mass is 9.90. The van der Waals surface area contributed by atoms with Gasteiger partial charge in [0.25, 0.3) is 0 Å². The minimum atomic E-state index is 0.295. The molecule has 0 bridgehead atoms. The Morgan fingerprint density at radius 2 is 1.44 bits per heavy atom. The van der Waals surface area contributed by atoms with Gasteiger partial charge in [0.15, 0.2) is 0 Å². The molecule has 0 spiro atoms. The van der Waals surface area contributed by atoms with E-state index < -0.39 is 0 Å². The number of rotatable bonds is 3. The fraction of sp³-hybridized carbons (Fsp3) is 0.708. The van der Waals surface area contributed by atoms with Gasteiger partial charge in [-0.15, -0.1) is 0 Å². The van der Waals surface area contributed by atoms with E-state index in [0.29, 0.717) is 11.8 Å². The summed E-state index contributed by atoms with van der Waals surface area (Å²) in [5.41, 5.74) is 1.28. The average Bonchev–Trinajstić information content (AvgIpc) is 2.68. The van der Waals surface area contributed by atoms with E-state index in [2.05, 4.69) is 60.9 Å². The maximum Gasteiger partial charge on any atom is 0.225 e. The Hall–Kier alpha value is -1.51. The van der Waals surface area contributed by atoms with Crippen molar-refractivity contribution in [3.63, 3.8) is 0 Å². The molecule has 27 heavy (non-hydrogen) atoms. The van der Waals surface area contributed by atoms with E-state index >= 15 is 0 Å². The van der Waals surface area contributed by atoms with Crippen LogP contribution in [0.15, 0.2) is 30.3 Å². The van der Waals surface area contributed by atoms with Crippen molar-refractivity contribution in [3.05, 3.63) is 30.3 Å². The maximum absolute atomic E-state index is 12.8. The predicted octanol–water partition coefficient (Wildman–Crippen LogP) is 5.75. The van der Waals surface area contributed by atoms with Crippen LogP contribution < -0.4 is 4.90 Å². The molecule has 1 saturated heterocycles. The van der Waals surface area contributed by atoms with Crippen molar-refractivity contribution in [2.75, 3.05) is 31.1 Å². The molecule has 1 heterocycles. The van der Waals surface area contributed by atoms with Crippen LogP contribution in [0.3, 0.4) is 0 Å². The predicted molar refractivity (Wildman–Crippen MR) is 116 cm³/mol. The Morgan fingerprint density at radius 3 is 1.96 bits per heavy atom. The first-order valence-electron chi connectivity index (χ1n) is 11.2. The molecular weight excluding hydrogens is 332 g/mol. The van der Waals surface area contributed by atoms with Crippen LogP contribution in [0.4, 0.5) is 5.69 Å². The standard InChI is InChI=1S/C19H28N2O.C5H12/c22-19(17-9-5-2-1-3-6-10-17)21-15-13-20(14-16-21)18-11-7-4-8-12-18;1-4-5(2)3/h4,7-8,11-12,17H,1-3,5-6,9-10,13-16H2;5H,4H2,1-3H3. The molecule has 3 rings (SSSR count). The highest BCUT2D eigenvalue weighted by molar-refractivity contribution is 5.79. The van der Waals surface area contributed by atoms with Gasteiger partial charge in [0.1, 0.15) is 0 Å². The van der Waals surface area contributed by atoms with Gasteiger partial charge in [0, 0.05) is 37.8 Å². The van der Waals surface area contributed by atoms with Crippen molar-refractivity contribution in [1.29, 1.82) is 0 Å². The number of hydrogen-bond donors (Lipinski definition) is 0. The van der Waals surface area contributed by atoms with Crippen LogP contribution in [0.1, 0.15) is 72.1 Å². The van der Waals surface area contributed by atoms with Gasteiger partial charge < -0.3 is 9.80 Å². The highest BCUT2D eigenvalue weighted by Crippen LogP contribution is 2.25. The van der Waals surface area contributed by atoms with Gasteiger partial charge in [0.2, 0.25) is 5.91 Å². The van der Waals surface area contributed by atoms with Gasteiger partial charge in [-0.2, -0.15) is 0 Å². The zero-order valence-corrected chi connectivity index (χ0v) is 17.8. The smallest absolute Gasteiger partial charge is 0.225 e. The zero-order valence-electron chi connectivity index (χ0n) is 17.8. The van der Waals surface area contributed by atoms with Gasteiger partial charge in [0.05, 0.1) is 0 Å². The molecule has 1 saturated carbocycles. The summed E-state index contributed by atoms with van der Waals surface area (Å²) in [5.74, 6) is 1.60. The van der Waals surface area contributed by atoms with Crippen LogP contribution in [0.25, 0.3) is 0 Å². The van der Waals surface area contributed by atoms with E-state index in [4.69, 9.17) is 0 Å². The first kappa shape index (κ1) is 21.8. The summed E-state index contributed by atoms with van der Waals surface area (Å²) >= 11 is 0. The molecule has 3 nitrogen and oxygen atoms in total. The van der Waals surface area contributed by atoms with Gasteiger partial charge in [-0.3, -0.25) is 4.79 Å². The number of nitrogens with zero attached hydrogens (tertiary/aromatic N) is 2. The molecule has 0 atom stereocenters. The molecule has 0 aromatic heterocycles. The normalized spacial score (nSPS) is 19.1. The molecule has 2 aliphatic rings. The first-order chi connectivity index (χ1) is 13.1. The molecule has 1 aromatic rings. The highest BCUT2D eigenvalue weighted by atomic mass is 16.2. The van der Waals surface area contributed by atoms with Gasteiger partial charge in [-0.1, -0.05) is 77.5 Å². The van der Waals surface area contributed by atoms with Crippen molar-refractivity contribution in [3.8, 4) is 0 Å². The number of carbonyl (C=O) groups is 1. The minimum absolute atomic E-state index is 0.295. The number of benzene rings is 1. The molecule has 1 aliphatic carbocycles. The molecule has 0 N–H and O–H groups in total. The Labute approximate surface area is 167 Å². The fourth-order valence-electron chi connectivity index (χ4n) is 3.79. The second-order valence-electron chi connectivity index (χ2n) is 8.49. The van der Waals surface area contributed by atoms with Crippen molar-refractivity contribution in [2.45, 2.75) is 72.1 Å². The average molecular weight is 373 g/mol. The van der Waals surface area contributed by atoms with Crippen LogP contribution in [0.5, 0.6) is 0 Å². The zero-order chi connectivity index (χ0) is 19.5. The molecule has 2 fully saturated rings. The Balaban J connectivity index is 0.000000465. The van der Waals surface area contributed by atoms with E-state index in [1.807, 2.05) is 0 Å². The van der Waals surface area contributed by atoms with Crippen LogP contribution in [-0.2, 0) is 4.79 Å². The van der Waals surface area contributed by atoms with Gasteiger partial charge in [-0.25, -0.2) is 0 Å². The molecule has 1 aliphatic heterocycles. The van der Waals surface area contributed by atoms with Crippen molar-refractivity contribution in [1.82, 2.24) is 4.90 Å². The number of hydrogen-bond acceptors (Lipinski definition) is 2. The van der Waals surface area contributed by atoms with Gasteiger partial charge >= 0.3 is 0 Å². The molecule has 0 radical (unpaired) electrons. The molecule has 1 aromatic carbocycles. The summed E-state index contributed by atoms with van der Waals surface area (Å²) in [7, 11) is 0. The second-order valence-corrected chi connectivity index (χ2v) is 8.49. The minimum Gasteiger partial charge on any atom is -0.368 e. The Morgan fingerprint density at radius 1 is 0.926 bits per heavy atom. The van der Waals surface area contributed by atoms with E-state index in [1.54, 1.807) is 0 Å². The largest absolute Gasteiger partial charge is 0.368 e. The van der Waals surface area contributed by atoms with Crippen molar-refractivity contribution in [2.24, 2.45) is 11.8 Å². The third kappa shape index (κ3) is 7.56. The lowest BCUT2D eigenvalue weighted by molar-refractivity contribution is -0.136. The molecular formula is C24H40N2O. The topological polar surface area (TPSA) is 23.6 Å². The highest BCUT2D eigenvalue weighted by Gasteiger charge is 2.27. The number of anilines is 1. The Kier molecular flexibility index (Phi) is 9.72. The fourth-order valence-corrected chi connectivity index (χ4v) is 3.79. The van der Waals surface area contributed by atoms with Crippen LogP contribution in [0, 0.1) is 11.8 Å². The first-order valence-corrected chi connectivity index (χ1v) is 11.2. The summed E-state index contributed by atoms with van der Waals surface area (Å²) in [4.78, 5) is 17.3. The SMILES string of the molecule is CCC(C)C.O=C(C1CCCCCCC1)N1CCN(c2ccccc2)CC1. The summed E-state index contributed by atoms with van der Waals surface area (Å²) in [6, 6.07) is 10.5. The summed E-state index contributed by atoms with van der Waals surface area (Å²) in [5, 5.41) is 0. The van der Waals surface area contributed by atoms with Crippen LogP contribution in [-0.4, -0.2) is 37.0 Å². The maximum atomic E-state index is 12.8. The van der Waals surface area contributed by atoms with E-state index in [-0.39, 0.29) is 0 Å². The van der Waals surface area contributed by atoms with Crippen LogP contribution in [0.2, 0.25) is 0 Å². The number of piperazine rings is 1. The van der Waals surface area contributed by atoms with Crippen molar-refractivity contribution < 1.29 is 4.79 Å². The lowest BCUT2D eigenvalue weighted by Crippen LogP contribution is -2.50. The summed E-state index contributed by atoms with van der Waals surface area (Å²) in [6.45, 7) is 10.3. The monoisotopic (exact) mass is 372 g/mol. The summed E-state index contributed by atoms with van der Waals surface area (Å²) < 4.78 is 0. The third-order valence-corrected chi connectivity index (χ3v) is 5.98. The number of carbonyl (C=O) groups excluding carboxylic acids is 1. The lowest BCUT2D eigenvalue weighted by Gasteiger charge is -2.38. The van der Waals surface area contributed by atoms with Crippen LogP contribution >= 0.6 is 0 Å². The molecule has 1 amide bonds. The summed E-state index contributed by atoms with van der Waals surface area (Å²) in [6.07, 6.45) is 9.98. The number of para-hydroxylation sites is 1. The molecule has 0 unspecified atom stereocenters. The van der Waals surface area contributed by atoms with Crippen molar-refractivity contribution >= 4 is 11.6 Å². The van der Waals surface area contributed by atoms with E-state index in [9.17, 15) is 4.79 Å². The molecule has 152 valence electrons. The van der Waals surface area contributed by atoms with Gasteiger partial charge in [-0.05, 0) is 30.9 Å².